The Morgan fingerprint density at radius 2 is 1.69 bits per heavy atom. The average molecular weight is 650 g/mol. The molecule has 0 saturated carbocycles. The molecule has 0 radical (unpaired) electrons. The van der Waals surface area contributed by atoms with Crippen molar-refractivity contribution in [1.29, 1.82) is 0 Å². The maximum Gasteiger partial charge on any atom is 1.00 e. The summed E-state index contributed by atoms with van der Waals surface area (Å²) in [7, 11) is -3.67. The minimum atomic E-state index is -3.67. The van der Waals surface area contributed by atoms with Gasteiger partial charge in [-0.2, -0.15) is 4.98 Å². The van der Waals surface area contributed by atoms with E-state index in [-0.39, 0.29) is 161 Å². The fourth-order valence-corrected chi connectivity index (χ4v) is 7.80. The SMILES string of the molecule is Cc1nc(N)nc2c1ncn2CCOCP(=O)(N1CCCC1C(=O)[O-])N1CCCC1C(=O)[O-].[Rb+].[Rb+]. The molecule has 4 heterocycles. The van der Waals surface area contributed by atoms with Crippen molar-refractivity contribution in [3.05, 3.63) is 12.0 Å². The van der Waals surface area contributed by atoms with Gasteiger partial charge in [-0.3, -0.25) is 4.57 Å². The molecule has 2 N–H and O–H groups in total. The number of carbonyl (C=O) groups excluding carboxylic acids is 2. The van der Waals surface area contributed by atoms with Gasteiger partial charge in [0.05, 0.1) is 42.7 Å². The molecule has 13 nitrogen and oxygen atoms in total. The Morgan fingerprint density at radius 3 is 2.23 bits per heavy atom. The van der Waals surface area contributed by atoms with Crippen molar-refractivity contribution in [2.24, 2.45) is 0 Å². The number of fused-ring (bicyclic) bond motifs is 1. The molecule has 16 heteroatoms. The van der Waals surface area contributed by atoms with Crippen LogP contribution in [-0.4, -0.2) is 78.9 Å². The Hall–Kier alpha value is 1.01. The first-order chi connectivity index (χ1) is 15.7. The first-order valence-corrected chi connectivity index (χ1v) is 12.6. The first kappa shape index (κ1) is 32.2. The van der Waals surface area contributed by atoms with Crippen LogP contribution in [0.15, 0.2) is 6.33 Å². The number of aryl methyl sites for hydroxylation is 1. The van der Waals surface area contributed by atoms with Crippen molar-refractivity contribution >= 4 is 36.5 Å². The van der Waals surface area contributed by atoms with E-state index in [1.165, 1.54) is 9.34 Å². The summed E-state index contributed by atoms with van der Waals surface area (Å²) in [5.74, 6) is -2.53. The van der Waals surface area contributed by atoms with E-state index < -0.39 is 31.5 Å². The fraction of sp³-hybridized carbons (Fsp3) is 0.632. The molecular weight excluding hydrogens is 624 g/mol. The largest absolute Gasteiger partial charge is 1.00 e. The zero-order valence-corrected chi connectivity index (χ0v) is 31.0. The topological polar surface area (TPSA) is 183 Å². The van der Waals surface area contributed by atoms with Gasteiger partial charge in [-0.1, -0.05) is 0 Å². The third-order valence-electron chi connectivity index (χ3n) is 6.19. The molecule has 2 unspecified atom stereocenters. The van der Waals surface area contributed by atoms with E-state index in [1.54, 1.807) is 17.8 Å². The second kappa shape index (κ2) is 13.9. The van der Waals surface area contributed by atoms with E-state index in [1.807, 2.05) is 0 Å². The van der Waals surface area contributed by atoms with Crippen LogP contribution in [0.2, 0.25) is 0 Å². The molecule has 2 atom stereocenters. The summed E-state index contributed by atoms with van der Waals surface area (Å²) in [4.78, 5) is 35.9. The van der Waals surface area contributed by atoms with Crippen molar-refractivity contribution in [3.8, 4) is 0 Å². The average Bonchev–Trinajstić information content (AvgIpc) is 3.50. The molecule has 0 spiro atoms. The van der Waals surface area contributed by atoms with Crippen molar-refractivity contribution in [3.63, 3.8) is 0 Å². The molecule has 2 aliphatic rings. The number of rotatable bonds is 9. The van der Waals surface area contributed by atoms with Crippen LogP contribution in [0.4, 0.5) is 5.95 Å². The van der Waals surface area contributed by atoms with Crippen LogP contribution < -0.4 is 132 Å². The maximum absolute atomic E-state index is 14.2. The number of nitrogen functional groups attached to an aromatic ring is 1. The van der Waals surface area contributed by atoms with Crippen molar-refractivity contribution in [2.45, 2.75) is 51.2 Å². The zero-order valence-electron chi connectivity index (χ0n) is 20.3. The maximum atomic E-state index is 14.2. The normalized spacial score (nSPS) is 22.4. The van der Waals surface area contributed by atoms with Crippen LogP contribution in [0.25, 0.3) is 11.2 Å². The smallest absolute Gasteiger partial charge is 0.548 e. The molecule has 180 valence electrons. The predicted molar refractivity (Wildman–Crippen MR) is 112 cm³/mol. The molecule has 35 heavy (non-hydrogen) atoms. The molecule has 0 aliphatic carbocycles. The molecule has 0 aromatic carbocycles. The van der Waals surface area contributed by atoms with Gasteiger partial charge in [0.1, 0.15) is 11.9 Å². The number of carbonyl (C=O) groups is 2. The molecule has 0 amide bonds. The number of aromatic nitrogens is 4. The van der Waals surface area contributed by atoms with E-state index in [0.717, 1.165) is 0 Å². The van der Waals surface area contributed by atoms with Gasteiger partial charge >= 0.3 is 116 Å². The van der Waals surface area contributed by atoms with Gasteiger partial charge in [-0.05, 0) is 32.6 Å². The van der Waals surface area contributed by atoms with Crippen molar-refractivity contribution in [2.75, 3.05) is 31.8 Å². The van der Waals surface area contributed by atoms with Gasteiger partial charge in [0.25, 0.3) is 0 Å². The van der Waals surface area contributed by atoms with Crippen molar-refractivity contribution < 1.29 is 145 Å². The molecule has 2 saturated heterocycles. The van der Waals surface area contributed by atoms with Crippen LogP contribution in [0, 0.1) is 6.92 Å². The van der Waals surface area contributed by atoms with Gasteiger partial charge in [0.2, 0.25) is 13.4 Å². The number of nitrogens with zero attached hydrogens (tertiary/aromatic N) is 6. The number of anilines is 1. The second-order valence-electron chi connectivity index (χ2n) is 8.26. The minimum Gasteiger partial charge on any atom is -0.548 e. The Bertz CT molecular complexity index is 1080. The summed E-state index contributed by atoms with van der Waals surface area (Å²) in [6.45, 7) is 2.73. The van der Waals surface area contributed by atoms with Gasteiger partial charge < -0.3 is 34.8 Å². The monoisotopic (exact) mass is 649 g/mol. The Morgan fingerprint density at radius 1 is 1.11 bits per heavy atom. The zero-order chi connectivity index (χ0) is 23.8. The first-order valence-electron chi connectivity index (χ1n) is 10.8. The van der Waals surface area contributed by atoms with Crippen LogP contribution in [0.1, 0.15) is 31.4 Å². The fourth-order valence-electron chi connectivity index (χ4n) is 4.64. The number of carboxylic acids is 2. The number of hydrogen-bond donors (Lipinski definition) is 1. The number of ether oxygens (including phenoxy) is 1. The van der Waals surface area contributed by atoms with Crippen LogP contribution in [0.3, 0.4) is 0 Å². The molecule has 2 aliphatic heterocycles. The standard InChI is InChI=1S/C19H28N7O6P.2Rb/c1-12-15-16(23-19(20)22-12)24(10-21-15)8-9-32-11-33(31,25-6-2-4-13(25)17(27)28)26-7-3-5-14(26)18(29)30;;/h10,13-14H,2-9,11H2,1H3,(H,27,28)(H,29,30)(H2,20,22,23);;/q;2*+1/p-2. The van der Waals surface area contributed by atoms with Crippen molar-refractivity contribution in [1.82, 2.24) is 28.9 Å². The summed E-state index contributed by atoms with van der Waals surface area (Å²) in [5, 5.41) is 23.3. The molecular formula is C19H26N7O6PRb2. The summed E-state index contributed by atoms with van der Waals surface area (Å²) in [6.07, 6.45) is 2.88. The Labute approximate surface area is 300 Å². The van der Waals surface area contributed by atoms with E-state index in [2.05, 4.69) is 15.0 Å². The van der Waals surface area contributed by atoms with E-state index >= 15 is 0 Å². The van der Waals surface area contributed by atoms with Crippen LogP contribution in [-0.2, 0) is 25.4 Å². The van der Waals surface area contributed by atoms with E-state index in [0.29, 0.717) is 36.2 Å². The third-order valence-corrected chi connectivity index (χ3v) is 9.27. The predicted octanol–water partition coefficient (Wildman–Crippen LogP) is -7.68. The van der Waals surface area contributed by atoms with Crippen LogP contribution in [0.5, 0.6) is 0 Å². The molecule has 2 aromatic heterocycles. The van der Waals surface area contributed by atoms with Gasteiger partial charge in [0.15, 0.2) is 5.65 Å². The van der Waals surface area contributed by atoms with E-state index in [4.69, 9.17) is 10.5 Å². The summed E-state index contributed by atoms with van der Waals surface area (Å²) < 4.78 is 24.4. The number of carboxylic acid groups (broad SMARTS) is 2. The molecule has 0 bridgehead atoms. The third kappa shape index (κ3) is 6.96. The Kier molecular flexibility index (Phi) is 12.8. The van der Waals surface area contributed by atoms with E-state index in [9.17, 15) is 24.4 Å². The Balaban J connectivity index is 0.00000216. The van der Waals surface area contributed by atoms with Crippen LogP contribution >= 0.6 is 7.44 Å². The van der Waals surface area contributed by atoms with Gasteiger partial charge in [-0.15, -0.1) is 0 Å². The summed E-state index contributed by atoms with van der Waals surface area (Å²) in [5.41, 5.74) is 7.53. The van der Waals surface area contributed by atoms with Gasteiger partial charge in [0, 0.05) is 19.6 Å². The number of aliphatic carboxylic acids is 2. The second-order valence-corrected chi connectivity index (χ2v) is 10.9. The van der Waals surface area contributed by atoms with Gasteiger partial charge in [-0.25, -0.2) is 19.3 Å². The number of nitrogens with two attached hydrogens (primary N) is 1. The summed E-state index contributed by atoms with van der Waals surface area (Å²) in [6, 6.07) is -2.11. The molecule has 2 fully saturated rings. The number of imidazole rings is 1. The summed E-state index contributed by atoms with van der Waals surface area (Å²) >= 11 is 0. The molecule has 2 aromatic rings. The molecule has 4 rings (SSSR count). The number of hydrogen-bond acceptors (Lipinski definition) is 10. The quantitative estimate of drug-likeness (QED) is 0.200. The minimum absolute atomic E-state index is 0.